The second-order valence-electron chi connectivity index (χ2n) is 3.06. The molecule has 11 heavy (non-hydrogen) atoms. The molecule has 2 N–H and O–H groups in total. The Balaban J connectivity index is 0.000001000. The highest BCUT2D eigenvalue weighted by molar-refractivity contribution is 5.85. The van der Waals surface area contributed by atoms with E-state index in [1.807, 2.05) is 0 Å². The summed E-state index contributed by atoms with van der Waals surface area (Å²) in [6, 6.07) is 0. The molecule has 0 spiro atoms. The van der Waals surface area contributed by atoms with Crippen LogP contribution in [0.4, 0.5) is 8.78 Å². The summed E-state index contributed by atoms with van der Waals surface area (Å²) in [7, 11) is 0. The second-order valence-corrected chi connectivity index (χ2v) is 3.06. The first-order valence-electron chi connectivity index (χ1n) is 3.25. The third kappa shape index (κ3) is 2.42. The smallest absolute Gasteiger partial charge is 0.251 e. The third-order valence-corrected chi connectivity index (χ3v) is 1.77. The predicted molar refractivity (Wildman–Crippen MR) is 43.2 cm³/mol. The molecular formula is C7H12ClF2N. The van der Waals surface area contributed by atoms with Gasteiger partial charge < -0.3 is 5.73 Å². The van der Waals surface area contributed by atoms with Crippen molar-refractivity contribution in [1.29, 1.82) is 0 Å². The van der Waals surface area contributed by atoms with Crippen molar-refractivity contribution in [2.75, 3.05) is 0 Å². The van der Waals surface area contributed by atoms with Gasteiger partial charge in [0.25, 0.3) is 5.92 Å². The normalized spacial score (nSPS) is 24.6. The van der Waals surface area contributed by atoms with Crippen LogP contribution >= 0.6 is 12.4 Å². The molecule has 0 aromatic rings. The zero-order valence-corrected chi connectivity index (χ0v) is 6.96. The molecule has 0 aromatic heterocycles. The number of halogens is 3. The zero-order valence-electron chi connectivity index (χ0n) is 6.15. The molecule has 1 aliphatic carbocycles. The first kappa shape index (κ1) is 10.8. The summed E-state index contributed by atoms with van der Waals surface area (Å²) in [5.74, 6) is -2.52. The highest BCUT2D eigenvalue weighted by Crippen LogP contribution is 2.45. The van der Waals surface area contributed by atoms with Crippen LogP contribution < -0.4 is 5.73 Å². The fraction of sp³-hybridized carbons (Fsp3) is 0.714. The minimum absolute atomic E-state index is 0. The predicted octanol–water partition coefficient (Wildman–Crippen LogP) is 2.11. The van der Waals surface area contributed by atoms with E-state index in [1.54, 1.807) is 6.08 Å². The van der Waals surface area contributed by atoms with Crippen molar-refractivity contribution in [1.82, 2.24) is 0 Å². The average Bonchev–Trinajstić information content (AvgIpc) is 1.58. The number of nitrogens with two attached hydrogens (primary N) is 1. The van der Waals surface area contributed by atoms with Crippen LogP contribution in [0.3, 0.4) is 0 Å². The molecule has 0 aliphatic heterocycles. The SMILES string of the molecule is C=CCC1(N)CC(F)(F)C1.Cl. The molecule has 0 saturated heterocycles. The summed E-state index contributed by atoms with van der Waals surface area (Å²) in [6.45, 7) is 3.45. The number of alkyl halides is 2. The summed E-state index contributed by atoms with van der Waals surface area (Å²) in [6.07, 6.45) is 1.70. The quantitative estimate of drug-likeness (QED) is 0.652. The second kappa shape index (κ2) is 3.07. The van der Waals surface area contributed by atoms with E-state index in [2.05, 4.69) is 6.58 Å². The number of rotatable bonds is 2. The maximum atomic E-state index is 12.2. The lowest BCUT2D eigenvalue weighted by Crippen LogP contribution is -2.57. The van der Waals surface area contributed by atoms with Gasteiger partial charge in [-0.1, -0.05) is 6.08 Å². The molecule has 1 fully saturated rings. The Labute approximate surface area is 71.1 Å². The fourth-order valence-corrected chi connectivity index (χ4v) is 1.41. The van der Waals surface area contributed by atoms with Gasteiger partial charge in [0.1, 0.15) is 0 Å². The molecule has 0 amide bonds. The van der Waals surface area contributed by atoms with Crippen LogP contribution in [0.25, 0.3) is 0 Å². The topological polar surface area (TPSA) is 26.0 Å². The molecule has 0 atom stereocenters. The Kier molecular flexibility index (Phi) is 3.03. The molecule has 0 aromatic carbocycles. The summed E-state index contributed by atoms with van der Waals surface area (Å²) in [5.41, 5.74) is 4.88. The van der Waals surface area contributed by atoms with Crippen molar-refractivity contribution in [3.63, 3.8) is 0 Å². The van der Waals surface area contributed by atoms with Gasteiger partial charge in [0, 0.05) is 18.4 Å². The molecular weight excluding hydrogens is 172 g/mol. The molecule has 1 saturated carbocycles. The standard InChI is InChI=1S/C7H11F2N.ClH/c1-2-3-6(10)4-7(8,9)5-6;/h2H,1,3-5,10H2;1H. The summed E-state index contributed by atoms with van der Waals surface area (Å²) < 4.78 is 24.5. The maximum absolute atomic E-state index is 12.2. The first-order chi connectivity index (χ1) is 4.47. The Bertz CT molecular complexity index is 151. The van der Waals surface area contributed by atoms with E-state index in [-0.39, 0.29) is 25.2 Å². The molecule has 66 valence electrons. The maximum Gasteiger partial charge on any atom is 0.251 e. The van der Waals surface area contributed by atoms with Gasteiger partial charge in [-0.25, -0.2) is 8.78 Å². The van der Waals surface area contributed by atoms with Crippen LogP contribution in [-0.4, -0.2) is 11.5 Å². The molecule has 4 heteroatoms. The van der Waals surface area contributed by atoms with E-state index in [4.69, 9.17) is 5.73 Å². The van der Waals surface area contributed by atoms with E-state index in [9.17, 15) is 8.78 Å². The van der Waals surface area contributed by atoms with Crippen molar-refractivity contribution in [3.05, 3.63) is 12.7 Å². The fourth-order valence-electron chi connectivity index (χ4n) is 1.41. The van der Waals surface area contributed by atoms with Crippen LogP contribution in [0.5, 0.6) is 0 Å². The summed E-state index contributed by atoms with van der Waals surface area (Å²) >= 11 is 0. The average molecular weight is 184 g/mol. The van der Waals surface area contributed by atoms with Crippen LogP contribution in [-0.2, 0) is 0 Å². The molecule has 1 rings (SSSR count). The Morgan fingerprint density at radius 3 is 2.18 bits per heavy atom. The van der Waals surface area contributed by atoms with Crippen molar-refractivity contribution < 1.29 is 8.78 Å². The van der Waals surface area contributed by atoms with Gasteiger partial charge in [-0.05, 0) is 6.42 Å². The van der Waals surface area contributed by atoms with Crippen molar-refractivity contribution in [2.24, 2.45) is 5.73 Å². The monoisotopic (exact) mass is 183 g/mol. The molecule has 1 aliphatic rings. The third-order valence-electron chi connectivity index (χ3n) is 1.77. The highest BCUT2D eigenvalue weighted by Gasteiger charge is 2.53. The first-order valence-corrected chi connectivity index (χ1v) is 3.25. The largest absolute Gasteiger partial charge is 0.324 e. The van der Waals surface area contributed by atoms with E-state index in [1.165, 1.54) is 0 Å². The highest BCUT2D eigenvalue weighted by atomic mass is 35.5. The van der Waals surface area contributed by atoms with Crippen LogP contribution in [0.1, 0.15) is 19.3 Å². The van der Waals surface area contributed by atoms with Gasteiger partial charge in [0.05, 0.1) is 0 Å². The summed E-state index contributed by atoms with van der Waals surface area (Å²) in [5, 5.41) is 0. The molecule has 0 heterocycles. The Morgan fingerprint density at radius 2 is 1.91 bits per heavy atom. The van der Waals surface area contributed by atoms with Crippen LogP contribution in [0.15, 0.2) is 12.7 Å². The lowest BCUT2D eigenvalue weighted by Gasteiger charge is -2.43. The minimum atomic E-state index is -2.52. The Hall–Kier alpha value is -0.150. The molecule has 0 radical (unpaired) electrons. The lowest BCUT2D eigenvalue weighted by atomic mass is 9.72. The van der Waals surface area contributed by atoms with Crippen molar-refractivity contribution >= 4 is 12.4 Å². The zero-order chi connectivity index (χ0) is 7.83. The van der Waals surface area contributed by atoms with Gasteiger partial charge in [0.15, 0.2) is 0 Å². The van der Waals surface area contributed by atoms with Crippen molar-refractivity contribution in [2.45, 2.75) is 30.7 Å². The number of hydrogen-bond acceptors (Lipinski definition) is 1. The molecule has 0 unspecified atom stereocenters. The van der Waals surface area contributed by atoms with Crippen LogP contribution in [0.2, 0.25) is 0 Å². The van der Waals surface area contributed by atoms with E-state index < -0.39 is 11.5 Å². The van der Waals surface area contributed by atoms with Gasteiger partial charge >= 0.3 is 0 Å². The number of hydrogen-bond donors (Lipinski definition) is 1. The van der Waals surface area contributed by atoms with Gasteiger partial charge in [0.2, 0.25) is 0 Å². The molecule has 1 nitrogen and oxygen atoms in total. The molecule has 0 bridgehead atoms. The van der Waals surface area contributed by atoms with Gasteiger partial charge in [-0.2, -0.15) is 0 Å². The Morgan fingerprint density at radius 1 is 1.45 bits per heavy atom. The van der Waals surface area contributed by atoms with E-state index >= 15 is 0 Å². The lowest BCUT2D eigenvalue weighted by molar-refractivity contribution is -0.120. The summed E-state index contributed by atoms with van der Waals surface area (Å²) in [4.78, 5) is 0. The van der Waals surface area contributed by atoms with E-state index in [0.29, 0.717) is 6.42 Å². The van der Waals surface area contributed by atoms with Crippen LogP contribution in [0, 0.1) is 0 Å². The van der Waals surface area contributed by atoms with Crippen molar-refractivity contribution in [3.8, 4) is 0 Å². The van der Waals surface area contributed by atoms with E-state index in [0.717, 1.165) is 0 Å². The van der Waals surface area contributed by atoms with Gasteiger partial charge in [-0.15, -0.1) is 19.0 Å². The minimum Gasteiger partial charge on any atom is -0.324 e. The van der Waals surface area contributed by atoms with Gasteiger partial charge in [-0.3, -0.25) is 0 Å².